The van der Waals surface area contributed by atoms with Crippen molar-refractivity contribution in [3.05, 3.63) is 47.5 Å². The Labute approximate surface area is 152 Å². The molecule has 0 aliphatic carbocycles. The monoisotopic (exact) mass is 353 g/mol. The van der Waals surface area contributed by atoms with E-state index < -0.39 is 0 Å². The topological polar surface area (TPSA) is 80.1 Å². The molecular formula is C19H23N5O2. The van der Waals surface area contributed by atoms with Gasteiger partial charge in [0.1, 0.15) is 0 Å². The van der Waals surface area contributed by atoms with Gasteiger partial charge in [-0.15, -0.1) is 0 Å². The van der Waals surface area contributed by atoms with Gasteiger partial charge in [0.15, 0.2) is 0 Å². The fourth-order valence-corrected chi connectivity index (χ4v) is 4.09. The molecule has 26 heavy (non-hydrogen) atoms. The molecular weight excluding hydrogens is 330 g/mol. The first-order valence-corrected chi connectivity index (χ1v) is 8.97. The number of aromatic nitrogens is 3. The summed E-state index contributed by atoms with van der Waals surface area (Å²) in [4.78, 5) is 31.2. The highest BCUT2D eigenvalue weighted by Gasteiger charge is 2.47. The average molecular weight is 353 g/mol. The maximum Gasteiger partial charge on any atom is 0.255 e. The van der Waals surface area contributed by atoms with Gasteiger partial charge in [-0.3, -0.25) is 19.3 Å². The van der Waals surface area contributed by atoms with Crippen LogP contribution in [-0.2, 0) is 11.8 Å². The lowest BCUT2D eigenvalue weighted by atomic mass is 9.82. The van der Waals surface area contributed by atoms with E-state index in [4.69, 9.17) is 0 Å². The summed E-state index contributed by atoms with van der Waals surface area (Å²) in [7, 11) is 1.86. The molecule has 2 aliphatic heterocycles. The lowest BCUT2D eigenvalue weighted by molar-refractivity contribution is -0.121. The summed E-state index contributed by atoms with van der Waals surface area (Å²) in [6.45, 7) is 3.22. The normalized spacial score (nSPS) is 21.8. The van der Waals surface area contributed by atoms with Crippen molar-refractivity contribution in [2.24, 2.45) is 7.05 Å². The molecule has 2 aromatic rings. The van der Waals surface area contributed by atoms with E-state index in [1.807, 2.05) is 31.1 Å². The zero-order valence-corrected chi connectivity index (χ0v) is 15.1. The number of hydrogen-bond acceptors (Lipinski definition) is 4. The van der Waals surface area contributed by atoms with Crippen molar-refractivity contribution >= 4 is 11.8 Å². The number of carbonyl (C=O) groups excluding carboxylic acids is 2. The maximum atomic E-state index is 12.7. The number of rotatable bonds is 2. The molecule has 2 saturated heterocycles. The molecule has 7 heteroatoms. The van der Waals surface area contributed by atoms with Crippen LogP contribution in [0.4, 0.5) is 0 Å². The van der Waals surface area contributed by atoms with E-state index in [1.165, 1.54) is 0 Å². The number of likely N-dealkylation sites (tertiary alicyclic amines) is 1. The van der Waals surface area contributed by atoms with Crippen LogP contribution in [-0.4, -0.2) is 50.1 Å². The Morgan fingerprint density at radius 2 is 2.04 bits per heavy atom. The Morgan fingerprint density at radius 3 is 2.69 bits per heavy atom. The van der Waals surface area contributed by atoms with E-state index in [0.29, 0.717) is 18.7 Å². The minimum absolute atomic E-state index is 0.0178. The van der Waals surface area contributed by atoms with Crippen molar-refractivity contribution in [2.75, 3.05) is 13.1 Å². The molecule has 2 amide bonds. The van der Waals surface area contributed by atoms with Gasteiger partial charge in [-0.25, -0.2) is 0 Å². The first-order chi connectivity index (χ1) is 12.5. The first-order valence-electron chi connectivity index (χ1n) is 8.97. The molecule has 2 aromatic heterocycles. The van der Waals surface area contributed by atoms with Gasteiger partial charge in [0, 0.05) is 49.8 Å². The second kappa shape index (κ2) is 6.23. The lowest BCUT2D eigenvalue weighted by Gasteiger charge is -2.39. The number of carbonyl (C=O) groups is 2. The smallest absolute Gasteiger partial charge is 0.255 e. The van der Waals surface area contributed by atoms with Crippen LogP contribution in [0.25, 0.3) is 0 Å². The summed E-state index contributed by atoms with van der Waals surface area (Å²) in [5.74, 6) is -0.0585. The predicted octanol–water partition coefficient (Wildman–Crippen LogP) is 1.40. The van der Waals surface area contributed by atoms with Gasteiger partial charge in [-0.2, -0.15) is 5.10 Å². The summed E-state index contributed by atoms with van der Waals surface area (Å²) >= 11 is 0. The summed E-state index contributed by atoms with van der Waals surface area (Å²) in [6.07, 6.45) is 9.37. The second-order valence-corrected chi connectivity index (χ2v) is 7.52. The van der Waals surface area contributed by atoms with E-state index in [9.17, 15) is 9.59 Å². The van der Waals surface area contributed by atoms with Gasteiger partial charge < -0.3 is 10.2 Å². The SMILES string of the molecule is Cc1cncc(C(=O)N2CCC3(CC2)CC(c2cnn(C)c2)C(=O)N3)c1. The number of piperidine rings is 1. The zero-order valence-electron chi connectivity index (χ0n) is 15.1. The third-order valence-corrected chi connectivity index (χ3v) is 5.56. The molecule has 1 unspecified atom stereocenters. The quantitative estimate of drug-likeness (QED) is 0.885. The molecule has 1 atom stereocenters. The Kier molecular flexibility index (Phi) is 4.01. The molecule has 0 saturated carbocycles. The van der Waals surface area contributed by atoms with Crippen LogP contribution in [0.15, 0.2) is 30.9 Å². The van der Waals surface area contributed by atoms with Crippen LogP contribution in [0.2, 0.25) is 0 Å². The van der Waals surface area contributed by atoms with Gasteiger partial charge in [-0.1, -0.05) is 0 Å². The number of amides is 2. The van der Waals surface area contributed by atoms with Crippen molar-refractivity contribution in [3.63, 3.8) is 0 Å². The van der Waals surface area contributed by atoms with Gasteiger partial charge in [-0.05, 0) is 37.8 Å². The van der Waals surface area contributed by atoms with Gasteiger partial charge >= 0.3 is 0 Å². The minimum Gasteiger partial charge on any atom is -0.350 e. The number of nitrogens with one attached hydrogen (secondary N) is 1. The highest BCUT2D eigenvalue weighted by atomic mass is 16.2. The number of aryl methyl sites for hydroxylation is 2. The lowest BCUT2D eigenvalue weighted by Crippen LogP contribution is -2.52. The zero-order chi connectivity index (χ0) is 18.3. The molecule has 1 N–H and O–H groups in total. The van der Waals surface area contributed by atoms with E-state index in [2.05, 4.69) is 15.4 Å². The highest BCUT2D eigenvalue weighted by Crippen LogP contribution is 2.39. The van der Waals surface area contributed by atoms with Crippen LogP contribution in [0.3, 0.4) is 0 Å². The van der Waals surface area contributed by atoms with Gasteiger partial charge in [0.25, 0.3) is 5.91 Å². The van der Waals surface area contributed by atoms with Crippen molar-refractivity contribution < 1.29 is 9.59 Å². The second-order valence-electron chi connectivity index (χ2n) is 7.52. The maximum absolute atomic E-state index is 12.7. The van der Waals surface area contributed by atoms with Gasteiger partial charge in [0.2, 0.25) is 5.91 Å². The Hall–Kier alpha value is -2.70. The highest BCUT2D eigenvalue weighted by molar-refractivity contribution is 5.94. The molecule has 4 heterocycles. The third kappa shape index (κ3) is 2.98. The summed E-state index contributed by atoms with van der Waals surface area (Å²) < 4.78 is 1.73. The van der Waals surface area contributed by atoms with Crippen molar-refractivity contribution in [1.29, 1.82) is 0 Å². The molecule has 0 radical (unpaired) electrons. The van der Waals surface area contributed by atoms with E-state index in [-0.39, 0.29) is 23.3 Å². The molecule has 2 fully saturated rings. The van der Waals surface area contributed by atoms with E-state index >= 15 is 0 Å². The first kappa shape index (κ1) is 16.8. The fraction of sp³-hybridized carbons (Fsp3) is 0.474. The van der Waals surface area contributed by atoms with Crippen LogP contribution in [0, 0.1) is 6.92 Å². The largest absolute Gasteiger partial charge is 0.350 e. The molecule has 4 rings (SSSR count). The van der Waals surface area contributed by atoms with Gasteiger partial charge in [0.05, 0.1) is 17.7 Å². The van der Waals surface area contributed by atoms with E-state index in [0.717, 1.165) is 30.4 Å². The molecule has 2 aliphatic rings. The fourth-order valence-electron chi connectivity index (χ4n) is 4.09. The number of pyridine rings is 1. The predicted molar refractivity (Wildman–Crippen MR) is 95.6 cm³/mol. The molecule has 0 bridgehead atoms. The summed E-state index contributed by atoms with van der Waals surface area (Å²) in [5, 5.41) is 7.39. The van der Waals surface area contributed by atoms with Crippen LogP contribution in [0.1, 0.15) is 46.7 Å². The Balaban J connectivity index is 1.43. The number of nitrogens with zero attached hydrogens (tertiary/aromatic N) is 4. The Bertz CT molecular complexity index is 851. The summed E-state index contributed by atoms with van der Waals surface area (Å²) in [6, 6.07) is 1.87. The molecule has 1 spiro atoms. The van der Waals surface area contributed by atoms with E-state index in [1.54, 1.807) is 23.3 Å². The minimum atomic E-state index is -0.209. The Morgan fingerprint density at radius 1 is 1.27 bits per heavy atom. The van der Waals surface area contributed by atoms with Crippen molar-refractivity contribution in [2.45, 2.75) is 37.6 Å². The van der Waals surface area contributed by atoms with Crippen LogP contribution >= 0.6 is 0 Å². The average Bonchev–Trinajstić information content (AvgIpc) is 3.18. The van der Waals surface area contributed by atoms with Crippen LogP contribution in [0.5, 0.6) is 0 Å². The third-order valence-electron chi connectivity index (χ3n) is 5.56. The molecule has 7 nitrogen and oxygen atoms in total. The van der Waals surface area contributed by atoms with Crippen molar-refractivity contribution in [3.8, 4) is 0 Å². The molecule has 136 valence electrons. The number of hydrogen-bond donors (Lipinski definition) is 1. The van der Waals surface area contributed by atoms with Crippen LogP contribution < -0.4 is 5.32 Å². The molecule has 0 aromatic carbocycles. The standard InChI is InChI=1S/C19H23N5O2/c1-13-7-14(10-20-9-13)18(26)24-5-3-19(4-6-24)8-16(17(25)22-19)15-11-21-23(2)12-15/h7,9-12,16H,3-6,8H2,1-2H3,(H,22,25). The van der Waals surface area contributed by atoms with Crippen molar-refractivity contribution in [1.82, 2.24) is 25.0 Å². The summed E-state index contributed by atoms with van der Waals surface area (Å²) in [5.41, 5.74) is 2.36.